The van der Waals surface area contributed by atoms with Crippen molar-refractivity contribution in [2.24, 2.45) is 0 Å². The van der Waals surface area contributed by atoms with Crippen LogP contribution in [0, 0.1) is 0 Å². The predicted molar refractivity (Wildman–Crippen MR) is 152 cm³/mol. The molecule has 2 heterocycles. The molecule has 12 heteroatoms. The second kappa shape index (κ2) is 13.2. The quantitative estimate of drug-likeness (QED) is 0.153. The smallest absolute Gasteiger partial charge is 0.341 e. The summed E-state index contributed by atoms with van der Waals surface area (Å²) in [6.07, 6.45) is 4.54. The second-order valence-corrected chi connectivity index (χ2v) is 11.6. The zero-order chi connectivity index (χ0) is 27.2. The van der Waals surface area contributed by atoms with Crippen LogP contribution < -0.4 is 10.1 Å². The Morgan fingerprint density at radius 2 is 1.97 bits per heavy atom. The molecule has 1 aromatic carbocycles. The lowest BCUT2D eigenvalue weighted by molar-refractivity contribution is -0.113. The van der Waals surface area contributed by atoms with E-state index in [2.05, 4.69) is 15.5 Å². The number of rotatable bonds is 10. The fourth-order valence-electron chi connectivity index (χ4n) is 4.36. The molecule has 2 aromatic heterocycles. The van der Waals surface area contributed by atoms with E-state index < -0.39 is 6.10 Å². The number of fused-ring (bicyclic) bond motifs is 1. The molecule has 38 heavy (non-hydrogen) atoms. The summed E-state index contributed by atoms with van der Waals surface area (Å²) in [7, 11) is 0. The Morgan fingerprint density at radius 1 is 1.18 bits per heavy atom. The molecule has 1 unspecified atom stereocenters. The average molecular weight is 598 g/mol. The highest BCUT2D eigenvalue weighted by molar-refractivity contribution is 7.99. The van der Waals surface area contributed by atoms with Crippen molar-refractivity contribution in [2.45, 2.75) is 70.7 Å². The summed E-state index contributed by atoms with van der Waals surface area (Å²) in [5.41, 5.74) is 1.54. The van der Waals surface area contributed by atoms with Gasteiger partial charge in [0.05, 0.1) is 22.9 Å². The molecule has 3 aromatic rings. The number of thiophene rings is 1. The minimum absolute atomic E-state index is 0.109. The molecule has 1 aliphatic rings. The molecule has 1 amide bonds. The molecule has 4 rings (SSSR count). The van der Waals surface area contributed by atoms with Gasteiger partial charge in [-0.25, -0.2) is 4.79 Å². The highest BCUT2D eigenvalue weighted by Gasteiger charge is 2.27. The number of nitrogens with zero attached hydrogens (tertiary/aromatic N) is 3. The summed E-state index contributed by atoms with van der Waals surface area (Å²) < 4.78 is 13.2. The highest BCUT2D eigenvalue weighted by Crippen LogP contribution is 2.38. The molecular weight excluding hydrogens is 567 g/mol. The Kier molecular flexibility index (Phi) is 9.97. The number of carbonyl (C=O) groups is 2. The molecule has 0 spiro atoms. The number of benzene rings is 1. The number of aromatic nitrogens is 3. The maximum absolute atomic E-state index is 13.0. The molecule has 0 saturated carbocycles. The summed E-state index contributed by atoms with van der Waals surface area (Å²) >= 11 is 15.1. The number of ether oxygens (including phenoxy) is 2. The molecule has 1 atom stereocenters. The second-order valence-electron chi connectivity index (χ2n) is 8.75. The Balaban J connectivity index is 1.45. The topological polar surface area (TPSA) is 95.3 Å². The van der Waals surface area contributed by atoms with E-state index >= 15 is 0 Å². The summed E-state index contributed by atoms with van der Waals surface area (Å²) in [6.45, 7) is 6.49. The Bertz CT molecular complexity index is 1310. The van der Waals surface area contributed by atoms with Gasteiger partial charge in [-0.05, 0) is 64.2 Å². The van der Waals surface area contributed by atoms with Crippen LogP contribution in [0.3, 0.4) is 0 Å². The van der Waals surface area contributed by atoms with Gasteiger partial charge in [0.1, 0.15) is 10.8 Å². The van der Waals surface area contributed by atoms with Gasteiger partial charge in [0.2, 0.25) is 5.91 Å². The number of nitrogens with one attached hydrogen (secondary N) is 1. The molecule has 0 aliphatic heterocycles. The molecule has 0 fully saturated rings. The first-order valence-corrected chi connectivity index (χ1v) is 15.2. The van der Waals surface area contributed by atoms with Crippen LogP contribution in [0.5, 0.6) is 5.75 Å². The van der Waals surface area contributed by atoms with Gasteiger partial charge in [0, 0.05) is 22.5 Å². The Morgan fingerprint density at radius 3 is 2.74 bits per heavy atom. The van der Waals surface area contributed by atoms with Gasteiger partial charge in [0.25, 0.3) is 0 Å². The van der Waals surface area contributed by atoms with Gasteiger partial charge in [-0.1, -0.05) is 41.4 Å². The SMILES string of the molecule is CCOC(=O)c1c(NC(=O)CSc2nnc(C(C)Oc3cc(Cl)ccc3Cl)n2CC)sc2c1CCCCC2. The number of esters is 1. The van der Waals surface area contributed by atoms with E-state index in [1.165, 1.54) is 23.1 Å². The van der Waals surface area contributed by atoms with Crippen molar-refractivity contribution >= 4 is 63.2 Å². The lowest BCUT2D eigenvalue weighted by Gasteiger charge is -2.16. The van der Waals surface area contributed by atoms with E-state index in [0.717, 1.165) is 42.5 Å². The predicted octanol–water partition coefficient (Wildman–Crippen LogP) is 6.98. The van der Waals surface area contributed by atoms with Crippen LogP contribution in [0.25, 0.3) is 0 Å². The number of carbonyl (C=O) groups excluding carboxylic acids is 2. The molecule has 1 N–H and O–H groups in total. The van der Waals surface area contributed by atoms with Gasteiger partial charge >= 0.3 is 5.97 Å². The highest BCUT2D eigenvalue weighted by atomic mass is 35.5. The maximum atomic E-state index is 13.0. The van der Waals surface area contributed by atoms with Crippen molar-refractivity contribution in [3.05, 3.63) is 50.1 Å². The van der Waals surface area contributed by atoms with Crippen LogP contribution in [-0.4, -0.2) is 39.0 Å². The third-order valence-corrected chi connectivity index (χ3v) is 8.83. The third kappa shape index (κ3) is 6.65. The number of anilines is 1. The summed E-state index contributed by atoms with van der Waals surface area (Å²) in [6, 6.07) is 5.02. The van der Waals surface area contributed by atoms with Crippen molar-refractivity contribution in [1.82, 2.24) is 14.8 Å². The van der Waals surface area contributed by atoms with Gasteiger partial charge < -0.3 is 19.4 Å². The number of amides is 1. The Labute approximate surface area is 240 Å². The van der Waals surface area contributed by atoms with E-state index in [-0.39, 0.29) is 24.2 Å². The largest absolute Gasteiger partial charge is 0.481 e. The first-order chi connectivity index (χ1) is 18.3. The van der Waals surface area contributed by atoms with Gasteiger partial charge in [-0.3, -0.25) is 4.79 Å². The molecular formula is C26H30Cl2N4O4S2. The number of aryl methyl sites for hydroxylation is 1. The minimum atomic E-state index is -0.449. The van der Waals surface area contributed by atoms with Gasteiger partial charge in [0.15, 0.2) is 17.1 Å². The normalized spacial score (nSPS) is 13.9. The molecule has 1 aliphatic carbocycles. The molecule has 0 saturated heterocycles. The van der Waals surface area contributed by atoms with E-state index in [1.54, 1.807) is 25.1 Å². The van der Waals surface area contributed by atoms with Crippen LogP contribution in [0.4, 0.5) is 5.00 Å². The monoisotopic (exact) mass is 596 g/mol. The lowest BCUT2D eigenvalue weighted by atomic mass is 10.1. The Hall–Kier alpha value is -2.27. The standard InChI is InChI=1S/C26H30Cl2N4O4S2/c1-4-32-23(15(3)36-19-13-16(27)11-12-18(19)28)30-31-26(32)37-14-21(33)29-24-22(25(34)35-5-2)17-9-7-6-8-10-20(17)38-24/h11-13,15H,4-10,14H2,1-3H3,(H,29,33). The van der Waals surface area contributed by atoms with Crippen LogP contribution in [-0.2, 0) is 28.9 Å². The molecule has 0 bridgehead atoms. The van der Waals surface area contributed by atoms with Crippen molar-refractivity contribution in [3.63, 3.8) is 0 Å². The van der Waals surface area contributed by atoms with Crippen LogP contribution in [0.15, 0.2) is 23.4 Å². The number of thioether (sulfide) groups is 1. The molecule has 0 radical (unpaired) electrons. The summed E-state index contributed by atoms with van der Waals surface area (Å²) in [4.78, 5) is 26.9. The van der Waals surface area contributed by atoms with Gasteiger partial charge in [-0.2, -0.15) is 0 Å². The summed E-state index contributed by atoms with van der Waals surface area (Å²) in [5.74, 6) is 0.576. The first-order valence-electron chi connectivity index (χ1n) is 12.6. The van der Waals surface area contributed by atoms with Crippen molar-refractivity contribution in [1.29, 1.82) is 0 Å². The molecule has 204 valence electrons. The number of hydrogen-bond acceptors (Lipinski definition) is 8. The van der Waals surface area contributed by atoms with Gasteiger partial charge in [-0.15, -0.1) is 21.5 Å². The van der Waals surface area contributed by atoms with E-state index in [1.807, 2.05) is 18.4 Å². The first kappa shape index (κ1) is 28.7. The fraction of sp³-hybridized carbons (Fsp3) is 0.462. The number of halogens is 2. The third-order valence-electron chi connectivity index (χ3n) is 6.11. The average Bonchev–Trinajstić information content (AvgIpc) is 3.37. The van der Waals surface area contributed by atoms with Crippen LogP contribution >= 0.6 is 46.3 Å². The maximum Gasteiger partial charge on any atom is 0.341 e. The van der Waals surface area contributed by atoms with E-state index in [9.17, 15) is 9.59 Å². The van der Waals surface area contributed by atoms with Crippen molar-refractivity contribution in [3.8, 4) is 5.75 Å². The zero-order valence-corrected chi connectivity index (χ0v) is 24.7. The van der Waals surface area contributed by atoms with Crippen LogP contribution in [0.2, 0.25) is 10.0 Å². The minimum Gasteiger partial charge on any atom is -0.481 e. The van der Waals surface area contributed by atoms with Crippen LogP contribution in [0.1, 0.15) is 72.8 Å². The lowest BCUT2D eigenvalue weighted by Crippen LogP contribution is -2.17. The molecule has 8 nitrogen and oxygen atoms in total. The van der Waals surface area contributed by atoms with Crippen molar-refractivity contribution in [2.75, 3.05) is 17.7 Å². The zero-order valence-electron chi connectivity index (χ0n) is 21.5. The van der Waals surface area contributed by atoms with Crippen molar-refractivity contribution < 1.29 is 19.1 Å². The number of hydrogen-bond donors (Lipinski definition) is 1. The van der Waals surface area contributed by atoms with E-state index in [0.29, 0.717) is 43.9 Å². The van der Waals surface area contributed by atoms with E-state index in [4.69, 9.17) is 32.7 Å². The fourth-order valence-corrected chi connectivity index (χ4v) is 6.79. The summed E-state index contributed by atoms with van der Waals surface area (Å²) in [5, 5.41) is 13.7.